The van der Waals surface area contributed by atoms with Gasteiger partial charge in [-0.3, -0.25) is 4.79 Å². The third-order valence-corrected chi connectivity index (χ3v) is 7.22. The molecule has 5 aromatic rings. The Morgan fingerprint density at radius 3 is 2.32 bits per heavy atom. The molecule has 190 valence electrons. The zero-order valence-electron chi connectivity index (χ0n) is 21.1. The first-order chi connectivity index (χ1) is 18.7. The van der Waals surface area contributed by atoms with Gasteiger partial charge in [-0.1, -0.05) is 98.1 Å². The monoisotopic (exact) mass is 503 g/mol. The number of aromatic nitrogens is 7. The molecule has 0 radical (unpaired) electrons. The smallest absolute Gasteiger partial charge is 0.217 e. The number of nitrogens with zero attached hydrogens (tertiary/aromatic N) is 6. The van der Waals surface area contributed by atoms with Crippen LogP contribution in [0.5, 0.6) is 0 Å². The molecule has 0 unspecified atom stereocenters. The minimum atomic E-state index is -0.0413. The van der Waals surface area contributed by atoms with Crippen LogP contribution in [0, 0.1) is 0 Å². The summed E-state index contributed by atoms with van der Waals surface area (Å²) >= 11 is 0. The molecule has 1 fully saturated rings. The molecule has 1 aliphatic rings. The molecule has 6 rings (SSSR count). The molecule has 0 amide bonds. The predicted octanol–water partition coefficient (Wildman–Crippen LogP) is 5.65. The van der Waals surface area contributed by atoms with Crippen molar-refractivity contribution in [2.75, 3.05) is 0 Å². The van der Waals surface area contributed by atoms with E-state index in [0.29, 0.717) is 30.5 Å². The van der Waals surface area contributed by atoms with Crippen molar-refractivity contribution in [1.82, 2.24) is 35.4 Å². The number of ketones is 1. The minimum absolute atomic E-state index is 0.0413. The van der Waals surface area contributed by atoms with Gasteiger partial charge in [0.1, 0.15) is 5.82 Å². The number of carbonyl (C=O) groups is 1. The largest absolute Gasteiger partial charge is 0.290 e. The average molecular weight is 504 g/mol. The summed E-state index contributed by atoms with van der Waals surface area (Å²) in [5, 5.41) is 19.3. The second-order valence-electron chi connectivity index (χ2n) is 9.83. The van der Waals surface area contributed by atoms with Crippen molar-refractivity contribution in [2.24, 2.45) is 0 Å². The molecule has 1 saturated carbocycles. The predicted molar refractivity (Wildman–Crippen MR) is 144 cm³/mol. The molecule has 2 aromatic heterocycles. The molecule has 0 atom stereocenters. The molecular weight excluding hydrogens is 474 g/mol. The maximum absolute atomic E-state index is 13.1. The number of carbonyl (C=O) groups excluding carboxylic acids is 1. The van der Waals surface area contributed by atoms with Gasteiger partial charge in [-0.15, -0.1) is 15.3 Å². The summed E-state index contributed by atoms with van der Waals surface area (Å²) in [6.07, 6.45) is 6.71. The first kappa shape index (κ1) is 23.9. The van der Waals surface area contributed by atoms with Gasteiger partial charge >= 0.3 is 0 Å². The van der Waals surface area contributed by atoms with Crippen molar-refractivity contribution in [3.05, 3.63) is 102 Å². The Labute approximate surface area is 221 Å². The van der Waals surface area contributed by atoms with Crippen molar-refractivity contribution >= 4 is 5.78 Å². The zero-order valence-corrected chi connectivity index (χ0v) is 21.1. The zero-order chi connectivity index (χ0) is 25.7. The maximum Gasteiger partial charge on any atom is 0.217 e. The Morgan fingerprint density at radius 2 is 1.58 bits per heavy atom. The van der Waals surface area contributed by atoms with Gasteiger partial charge in [0, 0.05) is 18.4 Å². The van der Waals surface area contributed by atoms with E-state index in [-0.39, 0.29) is 5.78 Å². The molecule has 3 aromatic carbocycles. The van der Waals surface area contributed by atoms with Crippen LogP contribution in [0.2, 0.25) is 0 Å². The van der Waals surface area contributed by atoms with Crippen LogP contribution in [-0.4, -0.2) is 41.2 Å². The third kappa shape index (κ3) is 5.16. The second-order valence-corrected chi connectivity index (χ2v) is 9.83. The highest BCUT2D eigenvalue weighted by atomic mass is 16.1. The molecule has 8 nitrogen and oxygen atoms in total. The lowest BCUT2D eigenvalue weighted by Crippen LogP contribution is -2.17. The van der Waals surface area contributed by atoms with E-state index in [1.165, 1.54) is 19.3 Å². The Morgan fingerprint density at radius 1 is 0.842 bits per heavy atom. The fraction of sp³-hybridized carbons (Fsp3) is 0.267. The topological polar surface area (TPSA) is 102 Å². The van der Waals surface area contributed by atoms with Gasteiger partial charge in [-0.25, -0.2) is 9.67 Å². The number of hydrogen-bond acceptors (Lipinski definition) is 6. The lowest BCUT2D eigenvalue weighted by molar-refractivity contribution is 0.0982. The summed E-state index contributed by atoms with van der Waals surface area (Å²) in [4.78, 5) is 17.9. The van der Waals surface area contributed by atoms with Crippen LogP contribution < -0.4 is 0 Å². The van der Waals surface area contributed by atoms with Crippen LogP contribution in [0.15, 0.2) is 78.9 Å². The van der Waals surface area contributed by atoms with E-state index in [0.717, 1.165) is 46.5 Å². The Kier molecular flexibility index (Phi) is 6.85. The van der Waals surface area contributed by atoms with Gasteiger partial charge in [0.05, 0.1) is 6.04 Å². The Balaban J connectivity index is 1.26. The molecular formula is C30H29N7O. The van der Waals surface area contributed by atoms with E-state index in [2.05, 4.69) is 51.0 Å². The summed E-state index contributed by atoms with van der Waals surface area (Å²) in [7, 11) is 0. The first-order valence-corrected chi connectivity index (χ1v) is 13.2. The normalized spacial score (nSPS) is 14.0. The van der Waals surface area contributed by atoms with Crippen molar-refractivity contribution in [3.8, 4) is 22.5 Å². The number of rotatable bonds is 8. The summed E-state index contributed by atoms with van der Waals surface area (Å²) in [6.45, 7) is 0. The molecule has 8 heteroatoms. The average Bonchev–Trinajstić information content (AvgIpc) is 3.66. The second kappa shape index (κ2) is 10.9. The molecule has 0 saturated heterocycles. The number of tetrazole rings is 1. The summed E-state index contributed by atoms with van der Waals surface area (Å²) in [6, 6.07) is 26.6. The highest BCUT2D eigenvalue weighted by molar-refractivity contribution is 5.94. The van der Waals surface area contributed by atoms with Crippen molar-refractivity contribution in [2.45, 2.75) is 51.0 Å². The van der Waals surface area contributed by atoms with E-state index in [1.807, 2.05) is 53.2 Å². The van der Waals surface area contributed by atoms with Crippen LogP contribution in [-0.2, 0) is 12.8 Å². The number of nitrogens with one attached hydrogen (secondary N) is 1. The van der Waals surface area contributed by atoms with Gasteiger partial charge in [-0.05, 0) is 40.3 Å². The number of Topliss-reactive ketones (excluding diaryl/α,β-unsaturated/α-hetero) is 1. The van der Waals surface area contributed by atoms with E-state index in [9.17, 15) is 4.79 Å². The Bertz CT molecular complexity index is 1500. The lowest BCUT2D eigenvalue weighted by Gasteiger charge is -2.23. The molecule has 0 aliphatic heterocycles. The van der Waals surface area contributed by atoms with E-state index < -0.39 is 0 Å². The third-order valence-electron chi connectivity index (χ3n) is 7.22. The van der Waals surface area contributed by atoms with Crippen LogP contribution in [0.25, 0.3) is 22.5 Å². The van der Waals surface area contributed by atoms with E-state index in [1.54, 1.807) is 0 Å². The number of hydrogen-bond donors (Lipinski definition) is 1. The molecule has 0 spiro atoms. The molecule has 0 bridgehead atoms. The van der Waals surface area contributed by atoms with Gasteiger partial charge < -0.3 is 0 Å². The van der Waals surface area contributed by atoms with Crippen molar-refractivity contribution in [3.63, 3.8) is 0 Å². The van der Waals surface area contributed by atoms with Crippen molar-refractivity contribution < 1.29 is 4.79 Å². The van der Waals surface area contributed by atoms with Gasteiger partial charge in [0.2, 0.25) is 17.4 Å². The fourth-order valence-corrected chi connectivity index (χ4v) is 5.26. The summed E-state index contributed by atoms with van der Waals surface area (Å²) < 4.78 is 2.04. The maximum atomic E-state index is 13.1. The van der Waals surface area contributed by atoms with Crippen LogP contribution in [0.3, 0.4) is 0 Å². The molecule has 2 heterocycles. The Hall–Kier alpha value is -4.46. The summed E-state index contributed by atoms with van der Waals surface area (Å²) in [5.41, 5.74) is 5.14. The highest BCUT2D eigenvalue weighted by Crippen LogP contribution is 2.31. The SMILES string of the molecule is O=C(Cc1ccccc1)c1nc(Cc2ccc(-c3ccccc3-c3nn[nH]n3)cc2)n(C2CCCCC2)n1. The highest BCUT2D eigenvalue weighted by Gasteiger charge is 2.24. The van der Waals surface area contributed by atoms with E-state index >= 15 is 0 Å². The summed E-state index contributed by atoms with van der Waals surface area (Å²) in [5.74, 6) is 1.70. The fourth-order valence-electron chi connectivity index (χ4n) is 5.26. The van der Waals surface area contributed by atoms with Gasteiger partial charge in [-0.2, -0.15) is 5.21 Å². The lowest BCUT2D eigenvalue weighted by atomic mass is 9.95. The minimum Gasteiger partial charge on any atom is -0.290 e. The van der Waals surface area contributed by atoms with Crippen molar-refractivity contribution in [1.29, 1.82) is 0 Å². The molecule has 1 N–H and O–H groups in total. The number of benzene rings is 3. The van der Waals surface area contributed by atoms with E-state index in [4.69, 9.17) is 10.1 Å². The van der Waals surface area contributed by atoms with Crippen LogP contribution >= 0.6 is 0 Å². The quantitative estimate of drug-likeness (QED) is 0.275. The first-order valence-electron chi connectivity index (χ1n) is 13.2. The number of H-pyrrole nitrogens is 1. The standard InChI is InChI=1S/C30H29N7O/c38-27(19-21-9-3-1-4-10-21)30-31-28(37(34-30)24-11-5-2-6-12-24)20-22-15-17-23(18-16-22)25-13-7-8-14-26(25)29-32-35-36-33-29/h1,3-4,7-10,13-18,24H,2,5-6,11-12,19-20H2,(H,32,33,35,36). The molecule has 1 aliphatic carbocycles. The van der Waals surface area contributed by atoms with Gasteiger partial charge in [0.25, 0.3) is 0 Å². The van der Waals surface area contributed by atoms with Crippen LogP contribution in [0.4, 0.5) is 0 Å². The molecule has 38 heavy (non-hydrogen) atoms. The number of aromatic amines is 1. The van der Waals surface area contributed by atoms with Gasteiger partial charge in [0.15, 0.2) is 0 Å². The van der Waals surface area contributed by atoms with Crippen LogP contribution in [0.1, 0.15) is 65.7 Å².